The molecule has 3 fully saturated rings. The largest absolute Gasteiger partial charge is 0.332 e. The zero-order chi connectivity index (χ0) is 6.43. The smallest absolute Gasteiger partial charge is 0.0962 e. The maximum absolute atomic E-state index is 2.36. The highest BCUT2D eigenvalue weighted by Gasteiger charge is 2.52. The summed E-state index contributed by atoms with van der Waals surface area (Å²) >= 11 is 0. The van der Waals surface area contributed by atoms with E-state index in [0.717, 1.165) is 18.0 Å². The van der Waals surface area contributed by atoms with Crippen LogP contribution >= 0.6 is 0 Å². The van der Waals surface area contributed by atoms with Gasteiger partial charge in [0.15, 0.2) is 0 Å². The SMILES string of the molecule is CCC1CC2CC1[NH+]2C. The molecule has 1 aliphatic carbocycles. The van der Waals surface area contributed by atoms with Crippen molar-refractivity contribution >= 4 is 0 Å². The predicted molar refractivity (Wildman–Crippen MR) is 37.5 cm³/mol. The van der Waals surface area contributed by atoms with E-state index in [1.54, 1.807) is 0 Å². The minimum Gasteiger partial charge on any atom is -0.332 e. The second-order valence-corrected chi connectivity index (χ2v) is 3.69. The Balaban J connectivity index is 2.03. The number of fused-ring (bicyclic) bond motifs is 1. The minimum absolute atomic E-state index is 1.06. The Hall–Kier alpha value is -0.0400. The lowest BCUT2D eigenvalue weighted by Gasteiger charge is -2.34. The van der Waals surface area contributed by atoms with Gasteiger partial charge in [-0.2, -0.15) is 0 Å². The monoisotopic (exact) mass is 126 g/mol. The minimum atomic E-state index is 1.06. The number of hydrogen-bond donors (Lipinski definition) is 1. The van der Waals surface area contributed by atoms with Gasteiger partial charge in [-0.1, -0.05) is 6.92 Å². The summed E-state index contributed by atoms with van der Waals surface area (Å²) in [6.07, 6.45) is 4.47. The molecule has 4 atom stereocenters. The molecule has 1 nitrogen and oxygen atoms in total. The van der Waals surface area contributed by atoms with E-state index in [1.165, 1.54) is 19.3 Å². The molecule has 52 valence electrons. The Morgan fingerprint density at radius 3 is 2.44 bits per heavy atom. The Kier molecular flexibility index (Phi) is 1.10. The maximum atomic E-state index is 2.36. The summed E-state index contributed by atoms with van der Waals surface area (Å²) in [4.78, 5) is 1.82. The average Bonchev–Trinajstić information content (AvgIpc) is 2.40. The van der Waals surface area contributed by atoms with Gasteiger partial charge in [0, 0.05) is 12.3 Å². The van der Waals surface area contributed by atoms with Crippen LogP contribution in [0.5, 0.6) is 0 Å². The van der Waals surface area contributed by atoms with Crippen LogP contribution in [-0.4, -0.2) is 19.1 Å². The Labute approximate surface area is 57.0 Å². The second-order valence-electron chi connectivity index (χ2n) is 3.69. The molecule has 0 aromatic carbocycles. The van der Waals surface area contributed by atoms with Crippen molar-refractivity contribution in [3.05, 3.63) is 0 Å². The third kappa shape index (κ3) is 0.586. The molecule has 0 radical (unpaired) electrons. The molecular formula is C8H16N+. The van der Waals surface area contributed by atoms with Crippen LogP contribution in [0, 0.1) is 5.92 Å². The van der Waals surface area contributed by atoms with Gasteiger partial charge < -0.3 is 4.90 Å². The summed E-state index contributed by atoms with van der Waals surface area (Å²) < 4.78 is 0. The van der Waals surface area contributed by atoms with Gasteiger partial charge in [-0.05, 0) is 6.42 Å². The molecule has 1 saturated carbocycles. The van der Waals surface area contributed by atoms with Gasteiger partial charge in [0.25, 0.3) is 0 Å². The number of hydrogen-bond acceptors (Lipinski definition) is 0. The fraction of sp³-hybridized carbons (Fsp3) is 1.00. The van der Waals surface area contributed by atoms with Gasteiger partial charge >= 0.3 is 0 Å². The van der Waals surface area contributed by atoms with Crippen LogP contribution in [0.4, 0.5) is 0 Å². The van der Waals surface area contributed by atoms with Crippen LogP contribution < -0.4 is 4.90 Å². The van der Waals surface area contributed by atoms with E-state index in [9.17, 15) is 0 Å². The zero-order valence-corrected chi connectivity index (χ0v) is 6.35. The predicted octanol–water partition coefficient (Wildman–Crippen LogP) is 0.0719. The Morgan fingerprint density at radius 1 is 1.44 bits per heavy atom. The van der Waals surface area contributed by atoms with Crippen molar-refractivity contribution in [1.29, 1.82) is 0 Å². The Morgan fingerprint density at radius 2 is 2.22 bits per heavy atom. The fourth-order valence-electron chi connectivity index (χ4n) is 2.65. The number of rotatable bonds is 1. The van der Waals surface area contributed by atoms with Gasteiger partial charge in [0.05, 0.1) is 25.6 Å². The van der Waals surface area contributed by atoms with Crippen LogP contribution in [-0.2, 0) is 0 Å². The molecule has 3 aliphatic rings. The zero-order valence-electron chi connectivity index (χ0n) is 6.35. The van der Waals surface area contributed by atoms with Gasteiger partial charge in [0.2, 0.25) is 0 Å². The highest BCUT2D eigenvalue weighted by molar-refractivity contribution is 4.89. The van der Waals surface area contributed by atoms with Crippen molar-refractivity contribution in [1.82, 2.24) is 0 Å². The lowest BCUT2D eigenvalue weighted by molar-refractivity contribution is -0.962. The van der Waals surface area contributed by atoms with Crippen molar-refractivity contribution < 1.29 is 4.90 Å². The summed E-state index contributed by atoms with van der Waals surface area (Å²) in [5.74, 6) is 1.08. The summed E-state index contributed by atoms with van der Waals surface area (Å²) in [5.41, 5.74) is 0. The van der Waals surface area contributed by atoms with Gasteiger partial charge in [-0.25, -0.2) is 0 Å². The first kappa shape index (κ1) is 5.72. The second kappa shape index (κ2) is 1.72. The molecule has 0 aromatic rings. The van der Waals surface area contributed by atoms with Crippen LogP contribution in [0.2, 0.25) is 0 Å². The summed E-state index contributed by atoms with van der Waals surface area (Å²) in [6.45, 7) is 2.33. The molecule has 0 spiro atoms. The quantitative estimate of drug-likeness (QED) is 0.507. The van der Waals surface area contributed by atoms with E-state index in [4.69, 9.17) is 0 Å². The van der Waals surface area contributed by atoms with E-state index in [0.29, 0.717) is 0 Å². The van der Waals surface area contributed by atoms with Gasteiger partial charge in [-0.3, -0.25) is 0 Å². The van der Waals surface area contributed by atoms with Gasteiger partial charge in [-0.15, -0.1) is 0 Å². The summed E-state index contributed by atoms with van der Waals surface area (Å²) in [7, 11) is 2.36. The maximum Gasteiger partial charge on any atom is 0.0962 e. The van der Waals surface area contributed by atoms with Gasteiger partial charge in [0.1, 0.15) is 0 Å². The fourth-order valence-corrected chi connectivity index (χ4v) is 2.65. The van der Waals surface area contributed by atoms with Crippen LogP contribution in [0.25, 0.3) is 0 Å². The molecule has 2 heterocycles. The molecular weight excluding hydrogens is 110 g/mol. The lowest BCUT2D eigenvalue weighted by atomic mass is 9.99. The third-order valence-electron chi connectivity index (χ3n) is 3.45. The molecule has 2 bridgehead atoms. The lowest BCUT2D eigenvalue weighted by Crippen LogP contribution is -3.21. The molecule has 9 heavy (non-hydrogen) atoms. The first-order chi connectivity index (χ1) is 4.33. The van der Waals surface area contributed by atoms with E-state index < -0.39 is 0 Å². The average molecular weight is 126 g/mol. The molecule has 0 amide bonds. The molecule has 2 aliphatic heterocycles. The highest BCUT2D eigenvalue weighted by Crippen LogP contribution is 2.32. The van der Waals surface area contributed by atoms with E-state index >= 15 is 0 Å². The van der Waals surface area contributed by atoms with Crippen LogP contribution in [0.1, 0.15) is 26.2 Å². The first-order valence-electron chi connectivity index (χ1n) is 4.16. The van der Waals surface area contributed by atoms with Crippen LogP contribution in [0.3, 0.4) is 0 Å². The first-order valence-corrected chi connectivity index (χ1v) is 4.16. The van der Waals surface area contributed by atoms with Crippen molar-refractivity contribution in [2.24, 2.45) is 5.92 Å². The summed E-state index contributed by atoms with van der Waals surface area (Å²) in [5, 5.41) is 0. The molecule has 4 unspecified atom stereocenters. The third-order valence-corrected chi connectivity index (χ3v) is 3.45. The topological polar surface area (TPSA) is 4.44 Å². The van der Waals surface area contributed by atoms with E-state index in [1.807, 2.05) is 4.90 Å². The van der Waals surface area contributed by atoms with Crippen molar-refractivity contribution in [2.75, 3.05) is 7.05 Å². The van der Waals surface area contributed by atoms with Crippen LogP contribution in [0.15, 0.2) is 0 Å². The van der Waals surface area contributed by atoms with Crippen molar-refractivity contribution in [3.8, 4) is 0 Å². The number of nitrogens with one attached hydrogen (secondary N) is 1. The molecule has 0 aromatic heterocycles. The highest BCUT2D eigenvalue weighted by atomic mass is 15.3. The Bertz CT molecular complexity index is 122. The normalized spacial score (nSPS) is 55.3. The number of quaternary nitrogens is 1. The standard InChI is InChI=1S/C8H15N/c1-3-6-4-7-5-8(6)9(7)2/h6-8H,3-5H2,1-2H3/p+1. The molecule has 1 heteroatoms. The summed E-state index contributed by atoms with van der Waals surface area (Å²) in [6, 6.07) is 2.11. The molecule has 2 saturated heterocycles. The van der Waals surface area contributed by atoms with E-state index in [-0.39, 0.29) is 0 Å². The van der Waals surface area contributed by atoms with Crippen molar-refractivity contribution in [2.45, 2.75) is 38.3 Å². The molecule has 1 N–H and O–H groups in total. The van der Waals surface area contributed by atoms with E-state index in [2.05, 4.69) is 14.0 Å². The van der Waals surface area contributed by atoms with Crippen molar-refractivity contribution in [3.63, 3.8) is 0 Å². The molecule has 3 rings (SSSR count).